The summed E-state index contributed by atoms with van der Waals surface area (Å²) in [6, 6.07) is 0. The van der Waals surface area contributed by atoms with E-state index < -0.39 is 15.6 Å². The summed E-state index contributed by atoms with van der Waals surface area (Å²) in [7, 11) is 4.80. The molecule has 2 aliphatic carbocycles. The van der Waals surface area contributed by atoms with E-state index in [9.17, 15) is 0 Å². The molecule has 0 bridgehead atoms. The molecule has 0 heterocycles. The predicted molar refractivity (Wildman–Crippen MR) is 105 cm³/mol. The molecule has 0 spiro atoms. The van der Waals surface area contributed by atoms with Crippen molar-refractivity contribution in [3.63, 3.8) is 0 Å². The van der Waals surface area contributed by atoms with E-state index in [-0.39, 0.29) is 0 Å². The Bertz CT molecular complexity index is 359. The summed E-state index contributed by atoms with van der Waals surface area (Å²) in [6.45, 7) is 4.69. The van der Waals surface area contributed by atoms with Crippen LogP contribution in [-0.2, 0) is 0 Å². The summed E-state index contributed by atoms with van der Waals surface area (Å²) in [5.41, 5.74) is 0. The predicted octanol–water partition coefficient (Wildman–Crippen LogP) is 6.48. The Morgan fingerprint density at radius 3 is 1.43 bits per heavy atom. The van der Waals surface area contributed by atoms with Gasteiger partial charge in [-0.2, -0.15) is 0 Å². The van der Waals surface area contributed by atoms with Gasteiger partial charge in [0.1, 0.15) is 0 Å². The Kier molecular flexibility index (Phi) is 8.11. The van der Waals surface area contributed by atoms with Crippen LogP contribution in [0.3, 0.4) is 0 Å². The van der Waals surface area contributed by atoms with E-state index in [0.29, 0.717) is 10.5 Å². The molecule has 0 fully saturated rings. The molecule has 0 amide bonds. The number of rotatable bonds is 10. The second-order valence-corrected chi connectivity index (χ2v) is 31.7. The van der Waals surface area contributed by atoms with Crippen molar-refractivity contribution in [2.75, 3.05) is 0 Å². The molecule has 0 saturated carbocycles. The molecule has 2 aliphatic rings. The summed E-state index contributed by atoms with van der Waals surface area (Å²) in [4.78, 5) is 0. The van der Waals surface area contributed by atoms with Crippen LogP contribution in [0.15, 0.2) is 48.6 Å². The van der Waals surface area contributed by atoms with Crippen molar-refractivity contribution in [3.8, 4) is 0 Å². The van der Waals surface area contributed by atoms with E-state index in [1.54, 1.807) is 0 Å². The standard InChI is InChI=1S/2C5H6S.2C4H9.Sn/c2*6-5-3-1-2-4-5;2*1-3-4-2;/h2*1-6H;2*1,3-4H2,2H3;/q;;;;+2/p-2. The molecule has 0 aromatic heterocycles. The van der Waals surface area contributed by atoms with Gasteiger partial charge < -0.3 is 0 Å². The summed E-state index contributed by atoms with van der Waals surface area (Å²) >= 11 is -2.21. The molecule has 116 valence electrons. The van der Waals surface area contributed by atoms with Gasteiger partial charge in [0.15, 0.2) is 0 Å². The molecule has 3 heteroatoms. The second-order valence-electron chi connectivity index (χ2n) is 5.82. The van der Waals surface area contributed by atoms with Crippen LogP contribution >= 0.6 is 17.9 Å². The quantitative estimate of drug-likeness (QED) is 0.366. The van der Waals surface area contributed by atoms with Gasteiger partial charge in [-0.25, -0.2) is 0 Å². The normalized spacial score (nSPS) is 18.4. The van der Waals surface area contributed by atoms with Crippen LogP contribution < -0.4 is 0 Å². The van der Waals surface area contributed by atoms with Crippen molar-refractivity contribution in [1.82, 2.24) is 0 Å². The van der Waals surface area contributed by atoms with Gasteiger partial charge in [0, 0.05) is 0 Å². The van der Waals surface area contributed by atoms with E-state index >= 15 is 0 Å². The zero-order valence-corrected chi connectivity index (χ0v) is 17.8. The topological polar surface area (TPSA) is 0 Å². The molecule has 0 atom stereocenters. The maximum atomic E-state index is 2.40. The Morgan fingerprint density at radius 1 is 0.714 bits per heavy atom. The van der Waals surface area contributed by atoms with E-state index in [2.05, 4.69) is 80.3 Å². The first-order chi connectivity index (χ1) is 10.3. The summed E-state index contributed by atoms with van der Waals surface area (Å²) < 4.78 is 3.08. The zero-order chi connectivity index (χ0) is 15.0. The van der Waals surface area contributed by atoms with E-state index in [1.807, 2.05) is 0 Å². The van der Waals surface area contributed by atoms with Gasteiger partial charge in [0.05, 0.1) is 0 Å². The first-order valence-electron chi connectivity index (χ1n) is 8.33. The third-order valence-electron chi connectivity index (χ3n) is 3.95. The molecule has 0 saturated heterocycles. The first-order valence-corrected chi connectivity index (χ1v) is 21.1. The zero-order valence-electron chi connectivity index (χ0n) is 13.3. The molecular formula is C18H28S2Sn. The van der Waals surface area contributed by atoms with Crippen LogP contribution in [0.2, 0.25) is 8.87 Å². The van der Waals surface area contributed by atoms with Crippen molar-refractivity contribution >= 4 is 33.5 Å². The van der Waals surface area contributed by atoms with E-state index in [1.165, 1.54) is 34.6 Å². The molecule has 21 heavy (non-hydrogen) atoms. The minimum atomic E-state index is -2.21. The van der Waals surface area contributed by atoms with Crippen molar-refractivity contribution in [3.05, 3.63) is 48.6 Å². The Balaban J connectivity index is 2.08. The van der Waals surface area contributed by atoms with Crippen LogP contribution in [0.1, 0.15) is 39.5 Å². The molecular weight excluding hydrogens is 399 g/mol. The van der Waals surface area contributed by atoms with Gasteiger partial charge in [-0.3, -0.25) is 0 Å². The molecule has 0 unspecified atom stereocenters. The van der Waals surface area contributed by atoms with Crippen molar-refractivity contribution in [2.24, 2.45) is 0 Å². The average Bonchev–Trinajstić information content (AvgIpc) is 3.16. The molecule has 0 radical (unpaired) electrons. The molecule has 0 N–H and O–H groups in total. The van der Waals surface area contributed by atoms with Crippen LogP contribution in [0.25, 0.3) is 0 Å². The first kappa shape index (κ1) is 17.8. The SMILES string of the molecule is CCC[CH2][Sn]([CH2]CCC)([S]C1C=CC=C1)[S]C1C=CC=C1. The summed E-state index contributed by atoms with van der Waals surface area (Å²) in [6.07, 6.45) is 24.1. The van der Waals surface area contributed by atoms with Crippen LogP contribution in [0, 0.1) is 0 Å². The average molecular weight is 427 g/mol. The van der Waals surface area contributed by atoms with Gasteiger partial charge in [-0.05, 0) is 0 Å². The maximum absolute atomic E-state index is 2.40. The van der Waals surface area contributed by atoms with Crippen molar-refractivity contribution in [2.45, 2.75) is 58.9 Å². The van der Waals surface area contributed by atoms with Crippen molar-refractivity contribution < 1.29 is 0 Å². The molecule has 2 rings (SSSR count). The van der Waals surface area contributed by atoms with E-state index in [4.69, 9.17) is 0 Å². The molecule has 0 aromatic rings. The summed E-state index contributed by atoms with van der Waals surface area (Å²) in [5, 5.41) is 1.33. The third kappa shape index (κ3) is 5.87. The van der Waals surface area contributed by atoms with Gasteiger partial charge in [-0.15, -0.1) is 0 Å². The van der Waals surface area contributed by atoms with Gasteiger partial charge in [0.2, 0.25) is 0 Å². The van der Waals surface area contributed by atoms with Crippen LogP contribution in [-0.4, -0.2) is 26.1 Å². The Morgan fingerprint density at radius 2 is 1.10 bits per heavy atom. The Hall–Kier alpha value is 0.459. The van der Waals surface area contributed by atoms with Gasteiger partial charge in [0.25, 0.3) is 0 Å². The monoisotopic (exact) mass is 428 g/mol. The number of unbranched alkanes of at least 4 members (excludes halogenated alkanes) is 2. The second kappa shape index (κ2) is 9.56. The fourth-order valence-electron chi connectivity index (χ4n) is 2.76. The van der Waals surface area contributed by atoms with Crippen molar-refractivity contribution in [1.29, 1.82) is 0 Å². The summed E-state index contributed by atoms with van der Waals surface area (Å²) in [5.74, 6) is 0. The van der Waals surface area contributed by atoms with Crippen LogP contribution in [0.5, 0.6) is 0 Å². The number of hydrogen-bond donors (Lipinski definition) is 0. The minimum absolute atomic E-state index is 0.663. The molecule has 0 nitrogen and oxygen atoms in total. The number of hydrogen-bond acceptors (Lipinski definition) is 2. The molecule has 0 aliphatic heterocycles. The third-order valence-corrected chi connectivity index (χ3v) is 33.7. The fraction of sp³-hybridized carbons (Fsp3) is 0.556. The van der Waals surface area contributed by atoms with Gasteiger partial charge in [-0.1, -0.05) is 0 Å². The fourth-order valence-corrected chi connectivity index (χ4v) is 35.9. The van der Waals surface area contributed by atoms with E-state index in [0.717, 1.165) is 0 Å². The number of allylic oxidation sites excluding steroid dienone is 4. The molecule has 0 aromatic carbocycles. The van der Waals surface area contributed by atoms with Crippen LogP contribution in [0.4, 0.5) is 0 Å². The Labute approximate surface area is 140 Å². The van der Waals surface area contributed by atoms with Gasteiger partial charge >= 0.3 is 141 Å².